The smallest absolute Gasteiger partial charge is 0.0715 e. The topological polar surface area (TPSA) is 55.9 Å². The highest BCUT2D eigenvalue weighted by molar-refractivity contribution is 9.10. The lowest BCUT2D eigenvalue weighted by molar-refractivity contribution is 0.333. The van der Waals surface area contributed by atoms with Crippen molar-refractivity contribution in [3.05, 3.63) is 16.4 Å². The maximum Gasteiger partial charge on any atom is 0.0715 e. The van der Waals surface area contributed by atoms with Crippen LogP contribution in [0, 0.1) is 11.8 Å². The highest BCUT2D eigenvalue weighted by atomic mass is 79.9. The summed E-state index contributed by atoms with van der Waals surface area (Å²) in [6, 6.07) is 0.537. The van der Waals surface area contributed by atoms with E-state index in [0.717, 1.165) is 10.4 Å². The van der Waals surface area contributed by atoms with E-state index in [4.69, 9.17) is 5.84 Å². The second-order valence-corrected chi connectivity index (χ2v) is 6.59. The fraction of sp³-hybridized carbons (Fsp3) is 0.769. The number of hydrogen-bond donors (Lipinski definition) is 2. The summed E-state index contributed by atoms with van der Waals surface area (Å²) < 4.78 is 3.12. The molecule has 1 aliphatic carbocycles. The van der Waals surface area contributed by atoms with Crippen molar-refractivity contribution >= 4 is 15.9 Å². The Labute approximate surface area is 117 Å². The highest BCUT2D eigenvalue weighted by Gasteiger charge is 2.32. The van der Waals surface area contributed by atoms with Gasteiger partial charge in [0.15, 0.2) is 0 Å². The van der Waals surface area contributed by atoms with E-state index in [0.29, 0.717) is 12.0 Å². The Balaban J connectivity index is 2.29. The Morgan fingerprint density at radius 3 is 2.72 bits per heavy atom. The molecule has 3 N–H and O–H groups in total. The van der Waals surface area contributed by atoms with Crippen molar-refractivity contribution in [2.45, 2.75) is 52.1 Å². The Bertz CT molecular complexity index is 402. The third kappa shape index (κ3) is 2.63. The predicted octanol–water partition coefficient (Wildman–Crippen LogP) is 3.17. The van der Waals surface area contributed by atoms with Crippen LogP contribution in [-0.2, 0) is 0 Å². The molecule has 2 rings (SSSR count). The average molecular weight is 315 g/mol. The SMILES string of the molecule is CC1CCC(C(NN)c2c(Br)cnn2C(C)C)C1. The standard InChI is InChI=1S/C13H23BrN4/c1-8(2)18-13(11(14)7-16-18)12(17-15)10-5-4-9(3)6-10/h7-10,12,17H,4-6,15H2,1-3H3. The van der Waals surface area contributed by atoms with Crippen LogP contribution in [-0.4, -0.2) is 9.78 Å². The molecule has 0 amide bonds. The molecule has 0 bridgehead atoms. The zero-order valence-corrected chi connectivity index (χ0v) is 12.9. The van der Waals surface area contributed by atoms with Crippen LogP contribution in [0.2, 0.25) is 0 Å². The van der Waals surface area contributed by atoms with Gasteiger partial charge in [-0.2, -0.15) is 5.10 Å². The van der Waals surface area contributed by atoms with Gasteiger partial charge in [-0.15, -0.1) is 0 Å². The second-order valence-electron chi connectivity index (χ2n) is 5.74. The van der Waals surface area contributed by atoms with Gasteiger partial charge in [-0.05, 0) is 54.5 Å². The lowest BCUT2D eigenvalue weighted by Crippen LogP contribution is -2.35. The summed E-state index contributed by atoms with van der Waals surface area (Å²) in [6.45, 7) is 6.62. The molecule has 0 spiro atoms. The molecule has 1 aliphatic rings. The Morgan fingerprint density at radius 2 is 2.22 bits per heavy atom. The second kappa shape index (κ2) is 5.72. The van der Waals surface area contributed by atoms with Crippen LogP contribution in [0.15, 0.2) is 10.7 Å². The molecule has 0 aromatic carbocycles. The van der Waals surface area contributed by atoms with Crippen LogP contribution in [0.25, 0.3) is 0 Å². The van der Waals surface area contributed by atoms with Gasteiger partial charge in [0.1, 0.15) is 0 Å². The Kier molecular flexibility index (Phi) is 4.45. The first kappa shape index (κ1) is 14.0. The predicted molar refractivity (Wildman–Crippen MR) is 76.9 cm³/mol. The van der Waals surface area contributed by atoms with Crippen LogP contribution < -0.4 is 11.3 Å². The van der Waals surface area contributed by atoms with Gasteiger partial charge in [-0.3, -0.25) is 16.0 Å². The van der Waals surface area contributed by atoms with Gasteiger partial charge >= 0.3 is 0 Å². The van der Waals surface area contributed by atoms with Crippen LogP contribution in [0.4, 0.5) is 0 Å². The fourth-order valence-electron chi connectivity index (χ4n) is 3.05. The molecule has 0 aliphatic heterocycles. The molecule has 102 valence electrons. The summed E-state index contributed by atoms with van der Waals surface area (Å²) in [5.74, 6) is 7.23. The van der Waals surface area contributed by atoms with Gasteiger partial charge in [0, 0.05) is 6.04 Å². The summed E-state index contributed by atoms with van der Waals surface area (Å²) in [5, 5.41) is 4.45. The van der Waals surface area contributed by atoms with Crippen LogP contribution >= 0.6 is 15.9 Å². The van der Waals surface area contributed by atoms with Crippen molar-refractivity contribution < 1.29 is 0 Å². The minimum atomic E-state index is 0.189. The van der Waals surface area contributed by atoms with E-state index < -0.39 is 0 Å². The van der Waals surface area contributed by atoms with Crippen molar-refractivity contribution in [3.8, 4) is 0 Å². The number of nitrogens with two attached hydrogens (primary N) is 1. The lowest BCUT2D eigenvalue weighted by Gasteiger charge is -2.25. The fourth-order valence-corrected chi connectivity index (χ4v) is 3.57. The van der Waals surface area contributed by atoms with Gasteiger partial charge in [0.25, 0.3) is 0 Å². The number of aromatic nitrogens is 2. The zero-order valence-electron chi connectivity index (χ0n) is 11.4. The molecule has 18 heavy (non-hydrogen) atoms. The first-order valence-electron chi connectivity index (χ1n) is 6.73. The maximum atomic E-state index is 5.82. The molecule has 0 radical (unpaired) electrons. The molecule has 1 aromatic rings. The summed E-state index contributed by atoms with van der Waals surface area (Å²) in [7, 11) is 0. The van der Waals surface area contributed by atoms with Crippen molar-refractivity contribution in [3.63, 3.8) is 0 Å². The van der Waals surface area contributed by atoms with Crippen molar-refractivity contribution in [2.75, 3.05) is 0 Å². The quantitative estimate of drug-likeness (QED) is 0.663. The van der Waals surface area contributed by atoms with E-state index in [2.05, 4.69) is 51.9 Å². The molecular formula is C13H23BrN4. The van der Waals surface area contributed by atoms with E-state index in [1.54, 1.807) is 0 Å². The van der Waals surface area contributed by atoms with Gasteiger partial charge < -0.3 is 0 Å². The number of halogens is 1. The van der Waals surface area contributed by atoms with Crippen molar-refractivity contribution in [1.82, 2.24) is 15.2 Å². The molecule has 0 saturated heterocycles. The maximum absolute atomic E-state index is 5.82. The van der Waals surface area contributed by atoms with E-state index in [-0.39, 0.29) is 6.04 Å². The third-order valence-corrected chi connectivity index (χ3v) is 4.57. The van der Waals surface area contributed by atoms with Crippen LogP contribution in [0.1, 0.15) is 57.8 Å². The first-order valence-corrected chi connectivity index (χ1v) is 7.53. The molecule has 3 atom stereocenters. The van der Waals surface area contributed by atoms with E-state index >= 15 is 0 Å². The van der Waals surface area contributed by atoms with Crippen LogP contribution in [0.5, 0.6) is 0 Å². The number of rotatable bonds is 4. The molecule has 3 unspecified atom stereocenters. The summed E-state index contributed by atoms with van der Waals surface area (Å²) in [4.78, 5) is 0. The number of hydrazine groups is 1. The molecule has 1 aromatic heterocycles. The van der Waals surface area contributed by atoms with Crippen LogP contribution in [0.3, 0.4) is 0 Å². The molecule has 5 heteroatoms. The van der Waals surface area contributed by atoms with E-state index in [1.165, 1.54) is 25.0 Å². The van der Waals surface area contributed by atoms with Gasteiger partial charge in [0.2, 0.25) is 0 Å². The summed E-state index contributed by atoms with van der Waals surface area (Å²) in [6.07, 6.45) is 5.66. The number of hydrogen-bond acceptors (Lipinski definition) is 3. The summed E-state index contributed by atoms with van der Waals surface area (Å²) >= 11 is 3.61. The van der Waals surface area contributed by atoms with Gasteiger partial charge in [-0.1, -0.05) is 13.3 Å². The van der Waals surface area contributed by atoms with Crippen molar-refractivity contribution in [2.24, 2.45) is 17.7 Å². The molecule has 1 fully saturated rings. The normalized spacial score (nSPS) is 25.9. The molecular weight excluding hydrogens is 292 g/mol. The highest BCUT2D eigenvalue weighted by Crippen LogP contribution is 2.40. The van der Waals surface area contributed by atoms with Gasteiger partial charge in [0.05, 0.1) is 22.4 Å². The van der Waals surface area contributed by atoms with Gasteiger partial charge in [-0.25, -0.2) is 0 Å². The number of nitrogens with zero attached hydrogens (tertiary/aromatic N) is 2. The minimum absolute atomic E-state index is 0.189. The van der Waals surface area contributed by atoms with Crippen molar-refractivity contribution in [1.29, 1.82) is 0 Å². The first-order chi connectivity index (χ1) is 8.54. The molecule has 1 heterocycles. The third-order valence-electron chi connectivity index (χ3n) is 3.96. The minimum Gasteiger partial charge on any atom is -0.271 e. The zero-order chi connectivity index (χ0) is 13.3. The summed E-state index contributed by atoms with van der Waals surface area (Å²) in [5.41, 5.74) is 4.20. The monoisotopic (exact) mass is 314 g/mol. The average Bonchev–Trinajstić information content (AvgIpc) is 2.88. The number of nitrogens with one attached hydrogen (secondary N) is 1. The Morgan fingerprint density at radius 1 is 1.50 bits per heavy atom. The lowest BCUT2D eigenvalue weighted by atomic mass is 9.94. The largest absolute Gasteiger partial charge is 0.271 e. The van der Waals surface area contributed by atoms with E-state index in [9.17, 15) is 0 Å². The molecule has 4 nitrogen and oxygen atoms in total. The van der Waals surface area contributed by atoms with E-state index in [1.807, 2.05) is 6.20 Å². The molecule has 1 saturated carbocycles. The Hall–Kier alpha value is -0.390.